The molecule has 0 aliphatic rings. The van der Waals surface area contributed by atoms with Crippen LogP contribution in [0.1, 0.15) is 44.5 Å². The van der Waals surface area contributed by atoms with Gasteiger partial charge in [0.15, 0.2) is 0 Å². The summed E-state index contributed by atoms with van der Waals surface area (Å²) in [5.41, 5.74) is 4.70. The van der Waals surface area contributed by atoms with Gasteiger partial charge >= 0.3 is 0 Å². The molecule has 29 heavy (non-hydrogen) atoms. The first kappa shape index (κ1) is 20.3. The number of pyridine rings is 1. The van der Waals surface area contributed by atoms with Crippen LogP contribution < -0.4 is 5.32 Å². The van der Waals surface area contributed by atoms with Crippen LogP contribution in [0.2, 0.25) is 0 Å². The van der Waals surface area contributed by atoms with Gasteiger partial charge in [0.2, 0.25) is 0 Å². The third-order valence-electron chi connectivity index (χ3n) is 4.89. The van der Waals surface area contributed by atoms with Gasteiger partial charge in [-0.3, -0.25) is 14.6 Å². The number of hydrogen-bond acceptors (Lipinski definition) is 3. The first-order valence-corrected chi connectivity index (χ1v) is 9.65. The van der Waals surface area contributed by atoms with Gasteiger partial charge in [0.05, 0.1) is 0 Å². The monoisotopic (exact) mass is 387 g/mol. The predicted molar refractivity (Wildman–Crippen MR) is 115 cm³/mol. The van der Waals surface area contributed by atoms with Gasteiger partial charge in [0.1, 0.15) is 5.69 Å². The van der Waals surface area contributed by atoms with E-state index in [2.05, 4.69) is 10.3 Å². The Morgan fingerprint density at radius 1 is 0.966 bits per heavy atom. The molecule has 5 nitrogen and oxygen atoms in total. The van der Waals surface area contributed by atoms with Crippen LogP contribution in [0.3, 0.4) is 0 Å². The average molecular weight is 387 g/mol. The van der Waals surface area contributed by atoms with Crippen molar-refractivity contribution in [3.05, 3.63) is 94.8 Å². The van der Waals surface area contributed by atoms with E-state index in [1.54, 1.807) is 17.0 Å². The Morgan fingerprint density at radius 3 is 2.41 bits per heavy atom. The standard InChI is InChI=1S/C24H25N3O2/c1-4-27(16-19-8-6-5-7-9-19)24(29)22-15-20(12-13-25-22)23(28)26-21-11-10-17(2)18(3)14-21/h5-15H,4,16H2,1-3H3,(H,26,28). The molecule has 0 saturated heterocycles. The molecule has 0 aliphatic carbocycles. The molecule has 0 spiro atoms. The summed E-state index contributed by atoms with van der Waals surface area (Å²) in [6, 6.07) is 18.7. The maximum absolute atomic E-state index is 12.9. The molecule has 1 N–H and O–H groups in total. The van der Waals surface area contributed by atoms with Gasteiger partial charge in [-0.05, 0) is 61.7 Å². The first-order valence-electron chi connectivity index (χ1n) is 9.65. The van der Waals surface area contributed by atoms with Crippen molar-refractivity contribution in [2.75, 3.05) is 11.9 Å². The second-order valence-electron chi connectivity index (χ2n) is 6.99. The molecule has 0 saturated carbocycles. The van der Waals surface area contributed by atoms with Crippen LogP contribution in [-0.2, 0) is 6.54 Å². The topological polar surface area (TPSA) is 62.3 Å². The smallest absolute Gasteiger partial charge is 0.272 e. The number of aryl methyl sites for hydroxylation is 2. The van der Waals surface area contributed by atoms with E-state index >= 15 is 0 Å². The number of aromatic nitrogens is 1. The maximum atomic E-state index is 12.9. The highest BCUT2D eigenvalue weighted by Crippen LogP contribution is 2.16. The first-order chi connectivity index (χ1) is 14.0. The van der Waals surface area contributed by atoms with E-state index in [-0.39, 0.29) is 17.5 Å². The number of anilines is 1. The number of benzene rings is 2. The zero-order chi connectivity index (χ0) is 20.8. The zero-order valence-electron chi connectivity index (χ0n) is 17.0. The number of nitrogens with zero attached hydrogens (tertiary/aromatic N) is 2. The minimum Gasteiger partial charge on any atom is -0.333 e. The molecule has 2 aromatic carbocycles. The molecule has 0 fully saturated rings. The van der Waals surface area contributed by atoms with Gasteiger partial charge in [-0.2, -0.15) is 0 Å². The molecular weight excluding hydrogens is 362 g/mol. The number of nitrogens with one attached hydrogen (secondary N) is 1. The van der Waals surface area contributed by atoms with Crippen LogP contribution in [0.25, 0.3) is 0 Å². The Kier molecular flexibility index (Phi) is 6.39. The van der Waals surface area contributed by atoms with Crippen molar-refractivity contribution in [1.82, 2.24) is 9.88 Å². The van der Waals surface area contributed by atoms with Gasteiger partial charge < -0.3 is 10.2 Å². The van der Waals surface area contributed by atoms with Crippen LogP contribution in [0, 0.1) is 13.8 Å². The third kappa shape index (κ3) is 5.08. The molecule has 0 unspecified atom stereocenters. The second kappa shape index (κ2) is 9.15. The molecule has 0 atom stereocenters. The summed E-state index contributed by atoms with van der Waals surface area (Å²) in [6.07, 6.45) is 1.50. The summed E-state index contributed by atoms with van der Waals surface area (Å²) in [5.74, 6) is -0.465. The molecule has 1 heterocycles. The quantitative estimate of drug-likeness (QED) is 0.672. The molecule has 148 valence electrons. The van der Waals surface area contributed by atoms with Gasteiger partial charge in [0.25, 0.3) is 11.8 Å². The highest BCUT2D eigenvalue weighted by atomic mass is 16.2. The fourth-order valence-electron chi connectivity index (χ4n) is 3.00. The Hall–Kier alpha value is -3.47. The van der Waals surface area contributed by atoms with Crippen molar-refractivity contribution >= 4 is 17.5 Å². The van der Waals surface area contributed by atoms with E-state index in [9.17, 15) is 9.59 Å². The van der Waals surface area contributed by atoms with E-state index in [1.807, 2.05) is 69.3 Å². The summed E-state index contributed by atoms with van der Waals surface area (Å²) in [6.45, 7) is 7.00. The fraction of sp³-hybridized carbons (Fsp3) is 0.208. The third-order valence-corrected chi connectivity index (χ3v) is 4.89. The van der Waals surface area contributed by atoms with Crippen molar-refractivity contribution in [2.24, 2.45) is 0 Å². The lowest BCUT2D eigenvalue weighted by Gasteiger charge is -2.20. The zero-order valence-corrected chi connectivity index (χ0v) is 17.0. The highest BCUT2D eigenvalue weighted by Gasteiger charge is 2.18. The van der Waals surface area contributed by atoms with E-state index in [0.29, 0.717) is 18.7 Å². The number of carbonyl (C=O) groups is 2. The van der Waals surface area contributed by atoms with Gasteiger partial charge in [-0.1, -0.05) is 36.4 Å². The predicted octanol–water partition coefficient (Wildman–Crippen LogP) is 4.61. The summed E-state index contributed by atoms with van der Waals surface area (Å²) < 4.78 is 0. The molecule has 3 rings (SSSR count). The molecule has 3 aromatic rings. The second-order valence-corrected chi connectivity index (χ2v) is 6.99. The van der Waals surface area contributed by atoms with Crippen molar-refractivity contribution < 1.29 is 9.59 Å². The van der Waals surface area contributed by atoms with Crippen LogP contribution in [0.4, 0.5) is 5.69 Å². The van der Waals surface area contributed by atoms with Crippen LogP contribution in [-0.4, -0.2) is 28.2 Å². The number of hydrogen-bond donors (Lipinski definition) is 1. The van der Waals surface area contributed by atoms with Crippen molar-refractivity contribution in [3.8, 4) is 0 Å². The molecule has 0 aliphatic heterocycles. The van der Waals surface area contributed by atoms with E-state index < -0.39 is 0 Å². The minimum atomic E-state index is -0.268. The van der Waals surface area contributed by atoms with E-state index in [4.69, 9.17) is 0 Å². The lowest BCUT2D eigenvalue weighted by Crippen LogP contribution is -2.31. The lowest BCUT2D eigenvalue weighted by atomic mass is 10.1. The Labute approximate surface area is 171 Å². The van der Waals surface area contributed by atoms with Crippen LogP contribution in [0.15, 0.2) is 66.9 Å². The summed E-state index contributed by atoms with van der Waals surface area (Å²) in [7, 11) is 0. The highest BCUT2D eigenvalue weighted by molar-refractivity contribution is 6.05. The molecule has 0 radical (unpaired) electrons. The number of rotatable bonds is 6. The Morgan fingerprint density at radius 2 is 1.72 bits per heavy atom. The largest absolute Gasteiger partial charge is 0.333 e. The van der Waals surface area contributed by atoms with Gasteiger partial charge in [-0.15, -0.1) is 0 Å². The minimum absolute atomic E-state index is 0.197. The van der Waals surface area contributed by atoms with E-state index in [0.717, 1.165) is 22.4 Å². The van der Waals surface area contributed by atoms with Crippen LogP contribution in [0.5, 0.6) is 0 Å². The van der Waals surface area contributed by atoms with Crippen LogP contribution >= 0.6 is 0 Å². The van der Waals surface area contributed by atoms with E-state index in [1.165, 1.54) is 6.20 Å². The Balaban J connectivity index is 1.75. The summed E-state index contributed by atoms with van der Waals surface area (Å²) >= 11 is 0. The Bertz CT molecular complexity index is 1020. The number of carbonyl (C=O) groups excluding carboxylic acids is 2. The number of amides is 2. The average Bonchev–Trinajstić information content (AvgIpc) is 2.75. The molecule has 0 bridgehead atoms. The molecule has 2 amide bonds. The summed E-state index contributed by atoms with van der Waals surface area (Å²) in [4.78, 5) is 31.5. The van der Waals surface area contributed by atoms with Gasteiger partial charge in [0, 0.05) is 30.5 Å². The van der Waals surface area contributed by atoms with Crippen molar-refractivity contribution in [1.29, 1.82) is 0 Å². The molecule has 1 aromatic heterocycles. The molecular formula is C24H25N3O2. The maximum Gasteiger partial charge on any atom is 0.272 e. The fourth-order valence-corrected chi connectivity index (χ4v) is 3.00. The molecule has 5 heteroatoms. The summed E-state index contributed by atoms with van der Waals surface area (Å²) in [5, 5.41) is 2.88. The van der Waals surface area contributed by atoms with Gasteiger partial charge in [-0.25, -0.2) is 0 Å². The van der Waals surface area contributed by atoms with Crippen molar-refractivity contribution in [3.63, 3.8) is 0 Å². The van der Waals surface area contributed by atoms with Crippen molar-refractivity contribution in [2.45, 2.75) is 27.3 Å². The SMILES string of the molecule is CCN(Cc1ccccc1)C(=O)c1cc(C(=O)Nc2ccc(C)c(C)c2)ccn1. The lowest BCUT2D eigenvalue weighted by molar-refractivity contribution is 0.0746. The normalized spacial score (nSPS) is 10.4.